The third-order valence-corrected chi connectivity index (χ3v) is 4.71. The molecule has 2 aliphatic heterocycles. The summed E-state index contributed by atoms with van der Waals surface area (Å²) in [4.78, 5) is 14.5. The SMILES string of the molecule is CC1CCN(C(=O)CCC2CCCN2)c2ccccc21. The van der Waals surface area contributed by atoms with E-state index in [4.69, 9.17) is 0 Å². The standard InChI is InChI=1S/C17H24N2O/c1-13-10-12-19(16-7-3-2-6-15(13)16)17(20)9-8-14-5-4-11-18-14/h2-3,6-7,13-14,18H,4-5,8-12H2,1H3. The highest BCUT2D eigenvalue weighted by molar-refractivity contribution is 5.94. The minimum atomic E-state index is 0.290. The minimum absolute atomic E-state index is 0.290. The lowest BCUT2D eigenvalue weighted by atomic mass is 9.91. The number of rotatable bonds is 3. The molecule has 2 aliphatic rings. The first-order valence-corrected chi connectivity index (χ1v) is 7.88. The van der Waals surface area contributed by atoms with Crippen molar-refractivity contribution in [1.82, 2.24) is 5.32 Å². The van der Waals surface area contributed by atoms with Gasteiger partial charge in [0.25, 0.3) is 0 Å². The lowest BCUT2D eigenvalue weighted by molar-refractivity contribution is -0.118. The largest absolute Gasteiger partial charge is 0.314 e. The van der Waals surface area contributed by atoms with Crippen LogP contribution >= 0.6 is 0 Å². The van der Waals surface area contributed by atoms with E-state index in [-0.39, 0.29) is 5.91 Å². The van der Waals surface area contributed by atoms with Gasteiger partial charge < -0.3 is 10.2 Å². The fourth-order valence-corrected chi connectivity index (χ4v) is 3.44. The van der Waals surface area contributed by atoms with Crippen LogP contribution in [0.5, 0.6) is 0 Å². The molecule has 1 N–H and O–H groups in total. The van der Waals surface area contributed by atoms with Crippen molar-refractivity contribution in [3.8, 4) is 0 Å². The van der Waals surface area contributed by atoms with Gasteiger partial charge in [-0.2, -0.15) is 0 Å². The van der Waals surface area contributed by atoms with Gasteiger partial charge in [0.2, 0.25) is 5.91 Å². The number of fused-ring (bicyclic) bond motifs is 1. The van der Waals surface area contributed by atoms with Crippen LogP contribution in [-0.2, 0) is 4.79 Å². The third-order valence-electron chi connectivity index (χ3n) is 4.71. The van der Waals surface area contributed by atoms with Gasteiger partial charge in [0, 0.05) is 24.7 Å². The maximum atomic E-state index is 12.5. The Bertz CT molecular complexity index is 480. The maximum Gasteiger partial charge on any atom is 0.227 e. The summed E-state index contributed by atoms with van der Waals surface area (Å²) in [5, 5.41) is 3.47. The molecule has 1 saturated heterocycles. The van der Waals surface area contributed by atoms with Gasteiger partial charge in [0.1, 0.15) is 0 Å². The molecule has 0 aromatic heterocycles. The monoisotopic (exact) mass is 272 g/mol. The topological polar surface area (TPSA) is 32.3 Å². The van der Waals surface area contributed by atoms with Crippen molar-refractivity contribution < 1.29 is 4.79 Å². The second-order valence-electron chi connectivity index (χ2n) is 6.13. The highest BCUT2D eigenvalue weighted by Crippen LogP contribution is 2.35. The number of carbonyl (C=O) groups excluding carboxylic acids is 1. The van der Waals surface area contributed by atoms with E-state index in [1.54, 1.807) is 0 Å². The first kappa shape index (κ1) is 13.6. The van der Waals surface area contributed by atoms with Crippen LogP contribution in [-0.4, -0.2) is 25.0 Å². The molecule has 0 saturated carbocycles. The van der Waals surface area contributed by atoms with E-state index in [9.17, 15) is 4.79 Å². The highest BCUT2D eigenvalue weighted by atomic mass is 16.2. The fraction of sp³-hybridized carbons (Fsp3) is 0.588. The number of nitrogens with zero attached hydrogens (tertiary/aromatic N) is 1. The van der Waals surface area contributed by atoms with Crippen LogP contribution in [0.4, 0.5) is 5.69 Å². The Kier molecular flexibility index (Phi) is 4.06. The average Bonchev–Trinajstić information content (AvgIpc) is 2.99. The summed E-state index contributed by atoms with van der Waals surface area (Å²) in [6, 6.07) is 8.92. The van der Waals surface area contributed by atoms with E-state index < -0.39 is 0 Å². The average molecular weight is 272 g/mol. The van der Waals surface area contributed by atoms with Crippen LogP contribution < -0.4 is 10.2 Å². The molecule has 108 valence electrons. The molecule has 0 aliphatic carbocycles. The van der Waals surface area contributed by atoms with Crippen molar-refractivity contribution in [2.75, 3.05) is 18.0 Å². The Balaban J connectivity index is 1.67. The van der Waals surface area contributed by atoms with E-state index in [1.807, 2.05) is 11.0 Å². The van der Waals surface area contributed by atoms with E-state index in [2.05, 4.69) is 30.4 Å². The smallest absolute Gasteiger partial charge is 0.227 e. The lowest BCUT2D eigenvalue weighted by Gasteiger charge is -2.33. The number of hydrogen-bond acceptors (Lipinski definition) is 2. The van der Waals surface area contributed by atoms with Crippen molar-refractivity contribution in [3.05, 3.63) is 29.8 Å². The molecule has 2 heterocycles. The summed E-state index contributed by atoms with van der Waals surface area (Å²) in [6.07, 6.45) is 5.20. The van der Waals surface area contributed by atoms with Crippen LogP contribution in [0.25, 0.3) is 0 Å². The molecule has 1 amide bonds. The summed E-state index contributed by atoms with van der Waals surface area (Å²) >= 11 is 0. The van der Waals surface area contributed by atoms with Gasteiger partial charge in [-0.1, -0.05) is 25.1 Å². The normalized spacial score (nSPS) is 25.6. The minimum Gasteiger partial charge on any atom is -0.314 e. The zero-order chi connectivity index (χ0) is 13.9. The zero-order valence-corrected chi connectivity index (χ0v) is 12.3. The van der Waals surface area contributed by atoms with Crippen LogP contribution in [0, 0.1) is 0 Å². The van der Waals surface area contributed by atoms with E-state index in [1.165, 1.54) is 18.4 Å². The molecule has 3 rings (SSSR count). The molecule has 0 bridgehead atoms. The highest BCUT2D eigenvalue weighted by Gasteiger charge is 2.26. The van der Waals surface area contributed by atoms with Gasteiger partial charge in [-0.25, -0.2) is 0 Å². The molecule has 0 radical (unpaired) electrons. The molecule has 1 aromatic rings. The Morgan fingerprint density at radius 1 is 1.35 bits per heavy atom. The van der Waals surface area contributed by atoms with Gasteiger partial charge in [-0.05, 0) is 49.8 Å². The van der Waals surface area contributed by atoms with Gasteiger partial charge in [0.05, 0.1) is 0 Å². The summed E-state index contributed by atoms with van der Waals surface area (Å²) < 4.78 is 0. The number of anilines is 1. The van der Waals surface area contributed by atoms with Gasteiger partial charge >= 0.3 is 0 Å². The van der Waals surface area contributed by atoms with E-state index >= 15 is 0 Å². The Morgan fingerprint density at radius 2 is 2.20 bits per heavy atom. The number of benzene rings is 1. The van der Waals surface area contributed by atoms with Crippen molar-refractivity contribution >= 4 is 11.6 Å². The van der Waals surface area contributed by atoms with E-state index in [0.717, 1.165) is 31.6 Å². The summed E-state index contributed by atoms with van der Waals surface area (Å²) in [7, 11) is 0. The zero-order valence-electron chi connectivity index (χ0n) is 12.3. The van der Waals surface area contributed by atoms with Crippen molar-refractivity contribution in [1.29, 1.82) is 0 Å². The third kappa shape index (κ3) is 2.73. The van der Waals surface area contributed by atoms with Crippen molar-refractivity contribution in [2.24, 2.45) is 0 Å². The first-order valence-electron chi connectivity index (χ1n) is 7.88. The van der Waals surface area contributed by atoms with Crippen LogP contribution in [0.2, 0.25) is 0 Å². The fourth-order valence-electron chi connectivity index (χ4n) is 3.44. The summed E-state index contributed by atoms with van der Waals surface area (Å²) in [5.41, 5.74) is 2.46. The molecule has 1 aromatic carbocycles. The van der Waals surface area contributed by atoms with Crippen LogP contribution in [0.15, 0.2) is 24.3 Å². The molecule has 0 spiro atoms. The second kappa shape index (κ2) is 5.96. The Morgan fingerprint density at radius 3 is 3.00 bits per heavy atom. The summed E-state index contributed by atoms with van der Waals surface area (Å²) in [6.45, 7) is 4.24. The Labute approximate surface area is 121 Å². The molecule has 20 heavy (non-hydrogen) atoms. The van der Waals surface area contributed by atoms with Gasteiger partial charge in [0.15, 0.2) is 0 Å². The molecular formula is C17H24N2O. The lowest BCUT2D eigenvalue weighted by Crippen LogP contribution is -2.37. The molecule has 2 atom stereocenters. The molecule has 3 heteroatoms. The first-order chi connectivity index (χ1) is 9.75. The van der Waals surface area contributed by atoms with Crippen molar-refractivity contribution in [3.63, 3.8) is 0 Å². The number of amides is 1. The van der Waals surface area contributed by atoms with E-state index in [0.29, 0.717) is 18.4 Å². The Hall–Kier alpha value is -1.35. The van der Waals surface area contributed by atoms with Crippen molar-refractivity contribution in [2.45, 2.75) is 51.0 Å². The molecular weight excluding hydrogens is 248 g/mol. The number of nitrogens with one attached hydrogen (secondary N) is 1. The predicted molar refractivity (Wildman–Crippen MR) is 82.1 cm³/mol. The number of para-hydroxylation sites is 1. The number of hydrogen-bond donors (Lipinski definition) is 1. The van der Waals surface area contributed by atoms with Crippen LogP contribution in [0.1, 0.15) is 50.5 Å². The van der Waals surface area contributed by atoms with Crippen LogP contribution in [0.3, 0.4) is 0 Å². The molecule has 3 nitrogen and oxygen atoms in total. The molecule has 1 fully saturated rings. The van der Waals surface area contributed by atoms with Gasteiger partial charge in [-0.3, -0.25) is 4.79 Å². The number of carbonyl (C=O) groups is 1. The predicted octanol–water partition coefficient (Wildman–Crippen LogP) is 3.06. The van der Waals surface area contributed by atoms with Gasteiger partial charge in [-0.15, -0.1) is 0 Å². The maximum absolute atomic E-state index is 12.5. The summed E-state index contributed by atoms with van der Waals surface area (Å²) in [5.74, 6) is 0.852. The second-order valence-corrected chi connectivity index (χ2v) is 6.13. The molecule has 2 unspecified atom stereocenters. The quantitative estimate of drug-likeness (QED) is 0.917.